The zero-order valence-corrected chi connectivity index (χ0v) is 11.9. The Morgan fingerprint density at radius 2 is 2.00 bits per heavy atom. The quantitative estimate of drug-likeness (QED) is 0.877. The average molecular weight is 289 g/mol. The third-order valence-electron chi connectivity index (χ3n) is 3.32. The van der Waals surface area contributed by atoms with Gasteiger partial charge in [0, 0.05) is 0 Å². The molecule has 1 fully saturated rings. The van der Waals surface area contributed by atoms with Crippen LogP contribution in [0.2, 0.25) is 5.02 Å². The summed E-state index contributed by atoms with van der Waals surface area (Å²) in [4.78, 5) is 12.1. The van der Waals surface area contributed by atoms with Crippen molar-refractivity contribution in [3.63, 3.8) is 0 Å². The van der Waals surface area contributed by atoms with Crippen LogP contribution < -0.4 is 11.1 Å². The Morgan fingerprint density at radius 1 is 1.39 bits per heavy atom. The maximum Gasteiger partial charge on any atom is 0.244 e. The first-order valence-corrected chi connectivity index (χ1v) is 6.25. The molecule has 0 spiro atoms. The van der Waals surface area contributed by atoms with Crippen molar-refractivity contribution in [1.29, 1.82) is 0 Å². The summed E-state index contributed by atoms with van der Waals surface area (Å²) >= 11 is 6.04. The minimum Gasteiger partial charge on any atom is -0.323 e. The van der Waals surface area contributed by atoms with E-state index in [1.807, 2.05) is 19.1 Å². The molecule has 100 valence electrons. The van der Waals surface area contributed by atoms with E-state index < -0.39 is 5.54 Å². The Bertz CT molecular complexity index is 443. The molecule has 1 aromatic carbocycles. The molecule has 2 rings (SSSR count). The summed E-state index contributed by atoms with van der Waals surface area (Å²) in [7, 11) is 0. The predicted octanol–water partition coefficient (Wildman–Crippen LogP) is 3.28. The summed E-state index contributed by atoms with van der Waals surface area (Å²) in [6.45, 7) is 1.96. The topological polar surface area (TPSA) is 55.1 Å². The van der Waals surface area contributed by atoms with E-state index in [0.717, 1.165) is 31.2 Å². The second-order valence-corrected chi connectivity index (χ2v) is 5.21. The lowest BCUT2D eigenvalue weighted by Gasteiger charge is -2.22. The highest BCUT2D eigenvalue weighted by molar-refractivity contribution is 6.33. The zero-order valence-electron chi connectivity index (χ0n) is 10.3. The molecular weight excluding hydrogens is 271 g/mol. The van der Waals surface area contributed by atoms with Crippen LogP contribution in [0.5, 0.6) is 0 Å². The SMILES string of the molecule is Cc1ccc(Cl)c(NC(=O)C2(N)CCCC2)c1.Cl. The molecule has 0 aromatic heterocycles. The summed E-state index contributed by atoms with van der Waals surface area (Å²) < 4.78 is 0. The van der Waals surface area contributed by atoms with E-state index in [2.05, 4.69) is 5.32 Å². The maximum atomic E-state index is 12.1. The van der Waals surface area contributed by atoms with E-state index >= 15 is 0 Å². The second-order valence-electron chi connectivity index (χ2n) is 4.80. The number of halogens is 2. The molecule has 0 unspecified atom stereocenters. The average Bonchev–Trinajstić information content (AvgIpc) is 2.72. The Balaban J connectivity index is 0.00000162. The first-order valence-electron chi connectivity index (χ1n) is 5.88. The summed E-state index contributed by atoms with van der Waals surface area (Å²) in [6.07, 6.45) is 3.54. The predicted molar refractivity (Wildman–Crippen MR) is 77.5 cm³/mol. The summed E-state index contributed by atoms with van der Waals surface area (Å²) in [5.74, 6) is -0.123. The first-order chi connectivity index (χ1) is 8.01. The summed E-state index contributed by atoms with van der Waals surface area (Å²) in [5.41, 5.74) is 7.07. The Hall–Kier alpha value is -0.770. The van der Waals surface area contributed by atoms with E-state index in [-0.39, 0.29) is 18.3 Å². The lowest BCUT2D eigenvalue weighted by Crippen LogP contribution is -2.48. The Labute approximate surface area is 118 Å². The lowest BCUT2D eigenvalue weighted by molar-refractivity contribution is -0.121. The molecule has 0 saturated heterocycles. The molecule has 5 heteroatoms. The van der Waals surface area contributed by atoms with Crippen LogP contribution in [0, 0.1) is 6.92 Å². The van der Waals surface area contributed by atoms with Crippen molar-refractivity contribution in [2.45, 2.75) is 38.1 Å². The van der Waals surface area contributed by atoms with Gasteiger partial charge < -0.3 is 11.1 Å². The number of nitrogens with two attached hydrogens (primary N) is 1. The van der Waals surface area contributed by atoms with Crippen molar-refractivity contribution in [3.05, 3.63) is 28.8 Å². The number of hydrogen-bond donors (Lipinski definition) is 2. The molecule has 0 radical (unpaired) electrons. The summed E-state index contributed by atoms with van der Waals surface area (Å²) in [5, 5.41) is 3.38. The molecule has 3 N–H and O–H groups in total. The van der Waals surface area contributed by atoms with E-state index in [9.17, 15) is 4.79 Å². The van der Waals surface area contributed by atoms with Crippen LogP contribution >= 0.6 is 24.0 Å². The lowest BCUT2D eigenvalue weighted by atomic mass is 9.98. The van der Waals surface area contributed by atoms with Crippen molar-refractivity contribution in [2.75, 3.05) is 5.32 Å². The highest BCUT2D eigenvalue weighted by atomic mass is 35.5. The van der Waals surface area contributed by atoms with Gasteiger partial charge in [-0.15, -0.1) is 12.4 Å². The van der Waals surface area contributed by atoms with Crippen molar-refractivity contribution in [2.24, 2.45) is 5.73 Å². The molecule has 1 saturated carbocycles. The van der Waals surface area contributed by atoms with Gasteiger partial charge in [0.2, 0.25) is 5.91 Å². The van der Waals surface area contributed by atoms with Gasteiger partial charge in [-0.25, -0.2) is 0 Å². The van der Waals surface area contributed by atoms with Gasteiger partial charge in [0.15, 0.2) is 0 Å². The number of carbonyl (C=O) groups is 1. The Morgan fingerprint density at radius 3 is 2.61 bits per heavy atom. The highest BCUT2D eigenvalue weighted by Crippen LogP contribution is 2.30. The van der Waals surface area contributed by atoms with Gasteiger partial charge in [-0.1, -0.05) is 30.5 Å². The number of carbonyl (C=O) groups excluding carboxylic acids is 1. The molecule has 1 aromatic rings. The van der Waals surface area contributed by atoms with Crippen molar-refractivity contribution < 1.29 is 4.79 Å². The minimum absolute atomic E-state index is 0. The van der Waals surface area contributed by atoms with Gasteiger partial charge >= 0.3 is 0 Å². The number of anilines is 1. The zero-order chi connectivity index (χ0) is 12.5. The molecule has 18 heavy (non-hydrogen) atoms. The van der Waals surface area contributed by atoms with Crippen LogP contribution in [0.4, 0.5) is 5.69 Å². The number of hydrogen-bond acceptors (Lipinski definition) is 2. The van der Waals surface area contributed by atoms with E-state index in [1.165, 1.54) is 0 Å². The third-order valence-corrected chi connectivity index (χ3v) is 3.65. The fourth-order valence-electron chi connectivity index (χ4n) is 2.21. The number of aryl methyl sites for hydroxylation is 1. The van der Waals surface area contributed by atoms with E-state index in [1.54, 1.807) is 6.07 Å². The van der Waals surface area contributed by atoms with Crippen molar-refractivity contribution in [3.8, 4) is 0 Å². The normalized spacial score (nSPS) is 17.1. The second kappa shape index (κ2) is 5.91. The van der Waals surface area contributed by atoms with Crippen molar-refractivity contribution >= 4 is 35.6 Å². The number of benzene rings is 1. The van der Waals surface area contributed by atoms with E-state index in [4.69, 9.17) is 17.3 Å². The van der Waals surface area contributed by atoms with Gasteiger partial charge in [0.05, 0.1) is 16.2 Å². The van der Waals surface area contributed by atoms with Gasteiger partial charge in [0.1, 0.15) is 0 Å². The van der Waals surface area contributed by atoms with Crippen LogP contribution in [0.25, 0.3) is 0 Å². The van der Waals surface area contributed by atoms with Crippen LogP contribution in [0.3, 0.4) is 0 Å². The maximum absolute atomic E-state index is 12.1. The molecular formula is C13H18Cl2N2O. The van der Waals surface area contributed by atoms with E-state index in [0.29, 0.717) is 10.7 Å². The molecule has 3 nitrogen and oxygen atoms in total. The number of rotatable bonds is 2. The first kappa shape index (κ1) is 15.3. The highest BCUT2D eigenvalue weighted by Gasteiger charge is 2.37. The van der Waals surface area contributed by atoms with Crippen LogP contribution in [0.15, 0.2) is 18.2 Å². The number of amides is 1. The van der Waals surface area contributed by atoms with Gasteiger partial charge in [-0.05, 0) is 37.5 Å². The van der Waals surface area contributed by atoms with Crippen LogP contribution in [0.1, 0.15) is 31.2 Å². The standard InChI is InChI=1S/C13H17ClN2O.ClH/c1-9-4-5-10(14)11(8-9)16-12(17)13(15)6-2-3-7-13;/h4-5,8H,2-3,6-7,15H2,1H3,(H,16,17);1H. The third kappa shape index (κ3) is 3.16. The van der Waals surface area contributed by atoms with Gasteiger partial charge in [-0.2, -0.15) is 0 Å². The van der Waals surface area contributed by atoms with Crippen molar-refractivity contribution in [1.82, 2.24) is 0 Å². The van der Waals surface area contributed by atoms with Gasteiger partial charge in [-0.3, -0.25) is 4.79 Å². The van der Waals surface area contributed by atoms with Crippen LogP contribution in [-0.2, 0) is 4.79 Å². The van der Waals surface area contributed by atoms with Crippen LogP contribution in [-0.4, -0.2) is 11.4 Å². The molecule has 1 amide bonds. The monoisotopic (exact) mass is 288 g/mol. The fraction of sp³-hybridized carbons (Fsp3) is 0.462. The Kier molecular flexibility index (Phi) is 5.02. The molecule has 0 aliphatic heterocycles. The molecule has 1 aliphatic rings. The molecule has 0 atom stereocenters. The molecule has 1 aliphatic carbocycles. The number of nitrogens with one attached hydrogen (secondary N) is 1. The molecule has 0 heterocycles. The summed E-state index contributed by atoms with van der Waals surface area (Å²) in [6, 6.07) is 5.55. The smallest absolute Gasteiger partial charge is 0.244 e. The minimum atomic E-state index is -0.715. The fourth-order valence-corrected chi connectivity index (χ4v) is 2.38. The molecule has 0 bridgehead atoms. The largest absolute Gasteiger partial charge is 0.323 e. The van der Waals surface area contributed by atoms with Gasteiger partial charge in [0.25, 0.3) is 0 Å².